The van der Waals surface area contributed by atoms with Crippen molar-refractivity contribution in [2.45, 2.75) is 0 Å². The van der Waals surface area contributed by atoms with Gasteiger partial charge in [0.1, 0.15) is 13.7 Å². The third kappa shape index (κ3) is 1.22. The molecule has 0 aliphatic heterocycles. The van der Waals surface area contributed by atoms with Crippen LogP contribution in [0.5, 0.6) is 0 Å². The highest BCUT2D eigenvalue weighted by molar-refractivity contribution is 6.40. The van der Waals surface area contributed by atoms with Gasteiger partial charge in [-0.1, -0.05) is 11.5 Å². The van der Waals surface area contributed by atoms with Gasteiger partial charge >= 0.3 is 0 Å². The van der Waals surface area contributed by atoms with Crippen LogP contribution in [0.4, 0.5) is 5.82 Å². The van der Waals surface area contributed by atoms with E-state index in [4.69, 9.17) is 7.85 Å². The summed E-state index contributed by atoms with van der Waals surface area (Å²) in [5.74, 6) is 0.868. The number of benzene rings is 1. The predicted octanol–water partition coefficient (Wildman–Crippen LogP) is 0.900. The maximum Gasteiger partial charge on any atom is 0.126 e. The van der Waals surface area contributed by atoms with E-state index in [9.17, 15) is 0 Å². The minimum Gasteiger partial charge on any atom is -0.373 e. The lowest BCUT2D eigenvalue weighted by molar-refractivity contribution is 0.592. The maximum atomic E-state index is 6.05. The lowest BCUT2D eigenvalue weighted by atomic mass is 9.91. The van der Waals surface area contributed by atoms with Crippen molar-refractivity contribution in [3.05, 3.63) is 18.3 Å². The summed E-state index contributed by atoms with van der Waals surface area (Å²) in [4.78, 5) is 4.31. The molecule has 2 aromatic heterocycles. The molecule has 0 aliphatic carbocycles. The number of aryl methyl sites for hydroxylation is 2. The fraction of sp³-hybridized carbons (Fsp3) is 0.250. The van der Waals surface area contributed by atoms with Crippen LogP contribution < -0.4 is 10.8 Å². The first-order valence-corrected chi connectivity index (χ1v) is 5.51. The molecular formula is C12H13BN4. The van der Waals surface area contributed by atoms with E-state index in [1.165, 1.54) is 10.9 Å². The van der Waals surface area contributed by atoms with Crippen molar-refractivity contribution in [3.8, 4) is 0 Å². The molecule has 0 spiro atoms. The molecular weight excluding hydrogens is 211 g/mol. The van der Waals surface area contributed by atoms with Crippen LogP contribution in [0.2, 0.25) is 0 Å². The molecule has 17 heavy (non-hydrogen) atoms. The third-order valence-electron chi connectivity index (χ3n) is 3.35. The van der Waals surface area contributed by atoms with E-state index in [0.717, 1.165) is 22.2 Å². The Morgan fingerprint density at radius 2 is 1.88 bits per heavy atom. The number of hydrogen-bond acceptors (Lipinski definition) is 2. The largest absolute Gasteiger partial charge is 0.373 e. The molecule has 0 bridgehead atoms. The summed E-state index contributed by atoms with van der Waals surface area (Å²) in [6.45, 7) is 0. The second-order valence-corrected chi connectivity index (χ2v) is 4.25. The molecule has 84 valence electrons. The minimum atomic E-state index is 0.798. The van der Waals surface area contributed by atoms with Crippen LogP contribution in [0.15, 0.2) is 18.3 Å². The van der Waals surface area contributed by atoms with Gasteiger partial charge in [0, 0.05) is 38.1 Å². The second-order valence-electron chi connectivity index (χ2n) is 4.25. The summed E-state index contributed by atoms with van der Waals surface area (Å²) in [5, 5.41) is 5.30. The highest BCUT2D eigenvalue weighted by Gasteiger charge is 2.14. The van der Waals surface area contributed by atoms with Crippen molar-refractivity contribution in [2.75, 3.05) is 12.4 Å². The molecule has 5 heteroatoms. The molecule has 2 radical (unpaired) electrons. The quantitative estimate of drug-likeness (QED) is 0.623. The monoisotopic (exact) mass is 224 g/mol. The molecule has 3 aromatic rings. The van der Waals surface area contributed by atoms with E-state index in [-0.39, 0.29) is 0 Å². The zero-order valence-corrected chi connectivity index (χ0v) is 10.2. The number of aromatic nitrogens is 3. The fourth-order valence-corrected chi connectivity index (χ4v) is 2.35. The SMILES string of the molecule is [B]c1cc2cnc(NC)cc2c2c1n(C)n2C. The van der Waals surface area contributed by atoms with E-state index in [1.807, 2.05) is 38.1 Å². The van der Waals surface area contributed by atoms with Crippen LogP contribution in [0.25, 0.3) is 21.8 Å². The molecule has 1 N–H and O–H groups in total. The van der Waals surface area contributed by atoms with Gasteiger partial charge in [0.15, 0.2) is 0 Å². The fourth-order valence-electron chi connectivity index (χ4n) is 2.35. The molecule has 0 saturated heterocycles. The smallest absolute Gasteiger partial charge is 0.126 e. The molecule has 0 atom stereocenters. The van der Waals surface area contributed by atoms with Gasteiger partial charge in [-0.15, -0.1) is 0 Å². The van der Waals surface area contributed by atoms with Crippen molar-refractivity contribution >= 4 is 40.9 Å². The van der Waals surface area contributed by atoms with Crippen molar-refractivity contribution < 1.29 is 0 Å². The van der Waals surface area contributed by atoms with E-state index in [1.54, 1.807) is 0 Å². The van der Waals surface area contributed by atoms with Gasteiger partial charge < -0.3 is 5.32 Å². The highest BCUT2D eigenvalue weighted by Crippen LogP contribution is 2.26. The van der Waals surface area contributed by atoms with Gasteiger partial charge in [-0.25, -0.2) is 4.98 Å². The average Bonchev–Trinajstić information content (AvgIpc) is 2.35. The second kappa shape index (κ2) is 3.29. The van der Waals surface area contributed by atoms with Crippen LogP contribution >= 0.6 is 0 Å². The van der Waals surface area contributed by atoms with Crippen LogP contribution in [0.1, 0.15) is 0 Å². The van der Waals surface area contributed by atoms with Gasteiger partial charge in [0.05, 0.1) is 11.0 Å². The number of fused-ring (bicyclic) bond motifs is 3. The molecule has 0 aliphatic rings. The lowest BCUT2D eigenvalue weighted by Gasteiger charge is -2.24. The summed E-state index contributed by atoms with van der Waals surface area (Å²) in [6.07, 6.45) is 1.85. The Kier molecular flexibility index (Phi) is 1.99. The number of rotatable bonds is 1. The van der Waals surface area contributed by atoms with Gasteiger partial charge in [-0.05, 0) is 6.07 Å². The standard InChI is InChI=1S/C12H13BN4/c1-14-10-5-8-7(6-15-10)4-9(13)12-11(8)16(2)17(12)3/h4-6H,1-3H3,(H,14,15). The molecule has 1 aromatic carbocycles. The highest BCUT2D eigenvalue weighted by atomic mass is 15.4. The van der Waals surface area contributed by atoms with Gasteiger partial charge in [-0.3, -0.25) is 9.36 Å². The average molecular weight is 224 g/mol. The van der Waals surface area contributed by atoms with Crippen molar-refractivity contribution in [2.24, 2.45) is 14.1 Å². The Morgan fingerprint density at radius 1 is 1.18 bits per heavy atom. The number of nitrogens with one attached hydrogen (secondary N) is 1. The summed E-state index contributed by atoms with van der Waals surface area (Å²) < 4.78 is 4.14. The zero-order chi connectivity index (χ0) is 12.2. The lowest BCUT2D eigenvalue weighted by Crippen LogP contribution is -2.24. The molecule has 0 fully saturated rings. The van der Waals surface area contributed by atoms with Gasteiger partial charge in [0.2, 0.25) is 0 Å². The van der Waals surface area contributed by atoms with Crippen LogP contribution in [0.3, 0.4) is 0 Å². The Bertz CT molecular complexity index is 723. The van der Waals surface area contributed by atoms with E-state index in [2.05, 4.69) is 21.0 Å². The Hall–Kier alpha value is -1.91. The van der Waals surface area contributed by atoms with Crippen molar-refractivity contribution in [1.82, 2.24) is 14.3 Å². The van der Waals surface area contributed by atoms with E-state index < -0.39 is 0 Å². The van der Waals surface area contributed by atoms with Crippen LogP contribution in [-0.2, 0) is 14.1 Å². The zero-order valence-electron chi connectivity index (χ0n) is 10.2. The number of nitrogens with zero attached hydrogens (tertiary/aromatic N) is 3. The predicted molar refractivity (Wildman–Crippen MR) is 72.1 cm³/mol. The Labute approximate surface area is 101 Å². The molecule has 0 saturated carbocycles. The first-order chi connectivity index (χ1) is 8.13. The first kappa shape index (κ1) is 10.3. The van der Waals surface area contributed by atoms with Crippen LogP contribution in [-0.4, -0.2) is 29.2 Å². The van der Waals surface area contributed by atoms with Crippen molar-refractivity contribution in [1.29, 1.82) is 0 Å². The molecule has 3 rings (SSSR count). The summed E-state index contributed by atoms with van der Waals surface area (Å²) in [5.41, 5.74) is 3.06. The summed E-state index contributed by atoms with van der Waals surface area (Å²) >= 11 is 0. The Morgan fingerprint density at radius 3 is 2.59 bits per heavy atom. The molecule has 0 unspecified atom stereocenters. The third-order valence-corrected chi connectivity index (χ3v) is 3.35. The number of anilines is 1. The summed E-state index contributed by atoms with van der Waals surface area (Å²) in [7, 11) is 12.0. The van der Waals surface area contributed by atoms with E-state index in [0.29, 0.717) is 0 Å². The molecule has 2 heterocycles. The maximum absolute atomic E-state index is 6.05. The topological polar surface area (TPSA) is 34.8 Å². The number of pyridine rings is 1. The first-order valence-electron chi connectivity index (χ1n) is 5.51. The minimum absolute atomic E-state index is 0.798. The van der Waals surface area contributed by atoms with E-state index >= 15 is 0 Å². The molecule has 4 nitrogen and oxygen atoms in total. The van der Waals surface area contributed by atoms with Crippen molar-refractivity contribution in [3.63, 3.8) is 0 Å². The van der Waals surface area contributed by atoms with Gasteiger partial charge in [-0.2, -0.15) is 0 Å². The molecule has 0 amide bonds. The normalized spacial score (nSPS) is 11.5. The van der Waals surface area contributed by atoms with Crippen LogP contribution in [0, 0.1) is 0 Å². The van der Waals surface area contributed by atoms with Gasteiger partial charge in [0.25, 0.3) is 0 Å². The number of hydrogen-bond donors (Lipinski definition) is 1. The Balaban J connectivity index is 2.48. The summed E-state index contributed by atoms with van der Waals surface area (Å²) in [6, 6.07) is 4.03.